The van der Waals surface area contributed by atoms with Crippen LogP contribution in [0.5, 0.6) is 0 Å². The smallest absolute Gasteiger partial charge is 0.203 e. The highest BCUT2D eigenvalue weighted by Gasteiger charge is 2.21. The van der Waals surface area contributed by atoms with Crippen LogP contribution in [0.15, 0.2) is 18.6 Å². The van der Waals surface area contributed by atoms with Gasteiger partial charge in [0.1, 0.15) is 0 Å². The molecule has 0 fully saturated rings. The molecule has 1 aliphatic rings. The summed E-state index contributed by atoms with van der Waals surface area (Å²) in [6.07, 6.45) is 7.24. The lowest BCUT2D eigenvalue weighted by molar-refractivity contribution is 0.541. The highest BCUT2D eigenvalue weighted by atomic mass is 15.3. The summed E-state index contributed by atoms with van der Waals surface area (Å²) in [4.78, 5) is 4.48. The van der Waals surface area contributed by atoms with Crippen molar-refractivity contribution in [2.45, 2.75) is 39.4 Å². The van der Waals surface area contributed by atoms with Gasteiger partial charge in [0.05, 0.1) is 17.9 Å². The van der Waals surface area contributed by atoms with E-state index in [-0.39, 0.29) is 0 Å². The molecule has 1 aliphatic heterocycles. The van der Waals surface area contributed by atoms with Gasteiger partial charge in [-0.25, -0.2) is 4.98 Å². The molecule has 0 aromatic carbocycles. The summed E-state index contributed by atoms with van der Waals surface area (Å²) in [5.74, 6) is 0.975. The highest BCUT2D eigenvalue weighted by molar-refractivity contribution is 5.35. The molecule has 0 saturated carbocycles. The van der Waals surface area contributed by atoms with Crippen LogP contribution in [0.25, 0.3) is 0 Å². The summed E-state index contributed by atoms with van der Waals surface area (Å²) in [5.41, 5.74) is 2.32. The Balaban J connectivity index is 1.83. The first kappa shape index (κ1) is 10.4. The molecule has 5 heteroatoms. The summed E-state index contributed by atoms with van der Waals surface area (Å²) in [6.45, 7) is 6.06. The van der Waals surface area contributed by atoms with E-state index < -0.39 is 0 Å². The van der Waals surface area contributed by atoms with Crippen molar-refractivity contribution in [3.63, 3.8) is 0 Å². The molecule has 0 amide bonds. The van der Waals surface area contributed by atoms with E-state index in [9.17, 15) is 0 Å². The molecule has 5 nitrogen and oxygen atoms in total. The molecule has 17 heavy (non-hydrogen) atoms. The number of hydrogen-bond donors (Lipinski definition) is 1. The standard InChI is InChI=1S/C12H17N5/c1-3-17-8-10(6-13-17)11-4-5-16-7-9(2)14-12(16)15-11/h6-8,11H,3-5H2,1-2H3,(H,14,15). The Bertz CT molecular complexity index is 525. The van der Waals surface area contributed by atoms with Crippen LogP contribution < -0.4 is 5.32 Å². The summed E-state index contributed by atoms with van der Waals surface area (Å²) in [7, 11) is 0. The van der Waals surface area contributed by atoms with E-state index in [0.717, 1.165) is 31.2 Å². The van der Waals surface area contributed by atoms with Gasteiger partial charge in [0.15, 0.2) is 0 Å². The van der Waals surface area contributed by atoms with E-state index >= 15 is 0 Å². The number of nitrogens with one attached hydrogen (secondary N) is 1. The van der Waals surface area contributed by atoms with Crippen molar-refractivity contribution < 1.29 is 0 Å². The van der Waals surface area contributed by atoms with Crippen molar-refractivity contribution in [1.82, 2.24) is 19.3 Å². The van der Waals surface area contributed by atoms with E-state index in [2.05, 4.69) is 39.3 Å². The van der Waals surface area contributed by atoms with E-state index in [0.29, 0.717) is 6.04 Å². The average molecular weight is 231 g/mol. The Hall–Kier alpha value is -1.78. The van der Waals surface area contributed by atoms with E-state index in [1.807, 2.05) is 17.8 Å². The van der Waals surface area contributed by atoms with Crippen molar-refractivity contribution in [2.75, 3.05) is 5.32 Å². The van der Waals surface area contributed by atoms with Crippen molar-refractivity contribution in [2.24, 2.45) is 0 Å². The van der Waals surface area contributed by atoms with Gasteiger partial charge in [-0.2, -0.15) is 5.10 Å². The number of aromatic nitrogens is 4. The molecule has 0 aliphatic carbocycles. The van der Waals surface area contributed by atoms with Crippen molar-refractivity contribution >= 4 is 5.95 Å². The van der Waals surface area contributed by atoms with Gasteiger partial charge in [-0.3, -0.25) is 4.68 Å². The van der Waals surface area contributed by atoms with Crippen LogP contribution in [-0.2, 0) is 13.1 Å². The molecule has 0 spiro atoms. The number of aryl methyl sites for hydroxylation is 3. The predicted molar refractivity (Wildman–Crippen MR) is 65.8 cm³/mol. The summed E-state index contributed by atoms with van der Waals surface area (Å²) >= 11 is 0. The zero-order valence-electron chi connectivity index (χ0n) is 10.2. The van der Waals surface area contributed by atoms with Crippen LogP contribution >= 0.6 is 0 Å². The van der Waals surface area contributed by atoms with Gasteiger partial charge in [-0.1, -0.05) is 0 Å². The molecular weight excluding hydrogens is 214 g/mol. The molecule has 0 bridgehead atoms. The lowest BCUT2D eigenvalue weighted by Gasteiger charge is -2.24. The minimum absolute atomic E-state index is 0.338. The van der Waals surface area contributed by atoms with Gasteiger partial charge in [-0.15, -0.1) is 0 Å². The molecule has 90 valence electrons. The first-order chi connectivity index (χ1) is 8.26. The first-order valence-corrected chi connectivity index (χ1v) is 6.09. The number of anilines is 1. The Labute approximate surface area is 100 Å². The normalized spacial score (nSPS) is 18.8. The second kappa shape index (κ2) is 3.91. The fraction of sp³-hybridized carbons (Fsp3) is 0.500. The maximum absolute atomic E-state index is 4.48. The average Bonchev–Trinajstić information content (AvgIpc) is 2.92. The largest absolute Gasteiger partial charge is 0.349 e. The third-order valence-electron chi connectivity index (χ3n) is 3.24. The molecule has 3 rings (SSSR count). The minimum atomic E-state index is 0.338. The van der Waals surface area contributed by atoms with Crippen molar-refractivity contribution in [3.05, 3.63) is 29.8 Å². The number of hydrogen-bond acceptors (Lipinski definition) is 3. The zero-order chi connectivity index (χ0) is 11.8. The van der Waals surface area contributed by atoms with E-state index in [1.165, 1.54) is 5.56 Å². The maximum atomic E-state index is 4.48. The Morgan fingerprint density at radius 2 is 2.35 bits per heavy atom. The third-order valence-corrected chi connectivity index (χ3v) is 3.24. The summed E-state index contributed by atoms with van der Waals surface area (Å²) in [5, 5.41) is 7.79. The Kier molecular flexibility index (Phi) is 2.39. The zero-order valence-corrected chi connectivity index (χ0v) is 10.2. The van der Waals surface area contributed by atoms with Gasteiger partial charge >= 0.3 is 0 Å². The lowest BCUT2D eigenvalue weighted by Crippen LogP contribution is -2.21. The number of imidazole rings is 1. The molecule has 2 aromatic heterocycles. The first-order valence-electron chi connectivity index (χ1n) is 6.09. The minimum Gasteiger partial charge on any atom is -0.349 e. The van der Waals surface area contributed by atoms with Crippen molar-refractivity contribution in [3.8, 4) is 0 Å². The van der Waals surface area contributed by atoms with Crippen molar-refractivity contribution in [1.29, 1.82) is 0 Å². The van der Waals surface area contributed by atoms with Gasteiger partial charge < -0.3 is 9.88 Å². The van der Waals surface area contributed by atoms with E-state index in [1.54, 1.807) is 0 Å². The van der Waals surface area contributed by atoms with Gasteiger partial charge in [0.2, 0.25) is 5.95 Å². The van der Waals surface area contributed by atoms with Gasteiger partial charge in [0, 0.05) is 31.0 Å². The molecular formula is C12H17N5. The lowest BCUT2D eigenvalue weighted by atomic mass is 10.1. The SMILES string of the molecule is CCn1cc(C2CCn3cc(C)nc3N2)cn1. The summed E-state index contributed by atoms with van der Waals surface area (Å²) < 4.78 is 4.14. The number of fused-ring (bicyclic) bond motifs is 1. The third kappa shape index (κ3) is 1.81. The topological polar surface area (TPSA) is 47.7 Å². The fourth-order valence-electron chi connectivity index (χ4n) is 2.31. The molecule has 2 aromatic rings. The number of rotatable bonds is 2. The predicted octanol–water partition coefficient (Wildman–Crippen LogP) is 1.96. The molecule has 0 radical (unpaired) electrons. The monoisotopic (exact) mass is 231 g/mol. The molecule has 1 N–H and O–H groups in total. The molecule has 1 atom stereocenters. The quantitative estimate of drug-likeness (QED) is 0.859. The molecule has 3 heterocycles. The van der Waals surface area contributed by atoms with Crippen LogP contribution in [0.4, 0.5) is 5.95 Å². The van der Waals surface area contributed by atoms with Gasteiger partial charge in [-0.05, 0) is 20.3 Å². The second-order valence-electron chi connectivity index (χ2n) is 4.51. The van der Waals surface area contributed by atoms with Crippen LogP contribution in [0, 0.1) is 6.92 Å². The molecule has 1 unspecified atom stereocenters. The van der Waals surface area contributed by atoms with Crippen LogP contribution in [0.2, 0.25) is 0 Å². The van der Waals surface area contributed by atoms with Crippen LogP contribution in [-0.4, -0.2) is 19.3 Å². The Morgan fingerprint density at radius 1 is 1.47 bits per heavy atom. The molecule has 0 saturated heterocycles. The number of nitrogens with zero attached hydrogens (tertiary/aromatic N) is 4. The van der Waals surface area contributed by atoms with Gasteiger partial charge in [0.25, 0.3) is 0 Å². The van der Waals surface area contributed by atoms with Crippen LogP contribution in [0.3, 0.4) is 0 Å². The summed E-state index contributed by atoms with van der Waals surface area (Å²) in [6, 6.07) is 0.338. The Morgan fingerprint density at radius 3 is 3.12 bits per heavy atom. The fourth-order valence-corrected chi connectivity index (χ4v) is 2.31. The highest BCUT2D eigenvalue weighted by Crippen LogP contribution is 2.27. The maximum Gasteiger partial charge on any atom is 0.203 e. The second-order valence-corrected chi connectivity index (χ2v) is 4.51. The van der Waals surface area contributed by atoms with E-state index in [4.69, 9.17) is 0 Å². The van der Waals surface area contributed by atoms with Crippen LogP contribution in [0.1, 0.15) is 30.6 Å².